The van der Waals surface area contributed by atoms with Crippen molar-refractivity contribution in [3.05, 3.63) is 78.1 Å². The van der Waals surface area contributed by atoms with Crippen molar-refractivity contribution in [1.82, 2.24) is 9.97 Å². The molecule has 4 nitrogen and oxygen atoms in total. The summed E-state index contributed by atoms with van der Waals surface area (Å²) < 4.78 is 5.84. The van der Waals surface area contributed by atoms with Gasteiger partial charge in [-0.3, -0.25) is 0 Å². The highest BCUT2D eigenvalue weighted by Gasteiger charge is 2.22. The molecule has 1 atom stereocenters. The maximum Gasteiger partial charge on any atom is 0.235 e. The number of fused-ring (bicyclic) bond motifs is 3. The van der Waals surface area contributed by atoms with Gasteiger partial charge in [0.25, 0.3) is 0 Å². The molecule has 0 fully saturated rings. The minimum absolute atomic E-state index is 0.151. The number of nitrogens with one attached hydrogen (secondary N) is 1. The molecule has 122 valence electrons. The molecule has 0 radical (unpaired) electrons. The molecule has 4 heteroatoms. The molecule has 1 N–H and O–H groups in total. The second-order valence-corrected chi connectivity index (χ2v) is 6.37. The quantitative estimate of drug-likeness (QED) is 0.616. The van der Waals surface area contributed by atoms with Crippen molar-refractivity contribution in [3.63, 3.8) is 0 Å². The van der Waals surface area contributed by atoms with Gasteiger partial charge in [-0.25, -0.2) is 9.98 Å². The van der Waals surface area contributed by atoms with E-state index >= 15 is 0 Å². The molecule has 2 aromatic carbocycles. The Morgan fingerprint density at radius 3 is 2.72 bits per heavy atom. The maximum atomic E-state index is 5.84. The smallest absolute Gasteiger partial charge is 0.235 e. The predicted molar refractivity (Wildman–Crippen MR) is 100 cm³/mol. The van der Waals surface area contributed by atoms with Gasteiger partial charge in [0.1, 0.15) is 12.3 Å². The van der Waals surface area contributed by atoms with E-state index in [0.717, 1.165) is 28.5 Å². The summed E-state index contributed by atoms with van der Waals surface area (Å²) in [4.78, 5) is 12.7. The van der Waals surface area contributed by atoms with E-state index in [-0.39, 0.29) is 6.04 Å². The third-order valence-corrected chi connectivity index (χ3v) is 4.64. The molecular weight excluding hydrogens is 310 g/mol. The Hall–Kier alpha value is -3.14. The number of nitrogens with zero attached hydrogens (tertiary/aromatic N) is 2. The van der Waals surface area contributed by atoms with E-state index in [1.807, 2.05) is 18.3 Å². The van der Waals surface area contributed by atoms with Gasteiger partial charge in [-0.15, -0.1) is 0 Å². The number of benzene rings is 2. The first-order chi connectivity index (χ1) is 12.4. The van der Waals surface area contributed by atoms with Gasteiger partial charge in [0, 0.05) is 16.3 Å². The van der Waals surface area contributed by atoms with Crippen LogP contribution in [0.4, 0.5) is 0 Å². The fourth-order valence-electron chi connectivity index (χ4n) is 3.41. The van der Waals surface area contributed by atoms with Gasteiger partial charge < -0.3 is 9.72 Å². The molecule has 5 rings (SSSR count). The van der Waals surface area contributed by atoms with Crippen LogP contribution in [0.3, 0.4) is 0 Å². The number of aliphatic imine (C=N–C) groups is 1. The number of para-hydroxylation sites is 1. The first kappa shape index (κ1) is 14.2. The molecule has 1 aliphatic heterocycles. The highest BCUT2D eigenvalue weighted by Crippen LogP contribution is 2.26. The van der Waals surface area contributed by atoms with Gasteiger partial charge in [0.15, 0.2) is 0 Å². The summed E-state index contributed by atoms with van der Waals surface area (Å²) in [5, 5.41) is 2.35. The van der Waals surface area contributed by atoms with Gasteiger partial charge in [0.05, 0.1) is 17.8 Å². The lowest BCUT2D eigenvalue weighted by molar-refractivity contribution is 0.316. The zero-order valence-corrected chi connectivity index (χ0v) is 13.6. The molecular formula is C21H17N3O. The van der Waals surface area contributed by atoms with E-state index in [2.05, 4.69) is 58.5 Å². The van der Waals surface area contributed by atoms with Crippen LogP contribution in [0.2, 0.25) is 0 Å². The minimum Gasteiger partial charge on any atom is -0.474 e. The van der Waals surface area contributed by atoms with Crippen molar-refractivity contribution in [2.75, 3.05) is 6.61 Å². The van der Waals surface area contributed by atoms with Crippen LogP contribution in [0, 0.1) is 0 Å². The lowest BCUT2D eigenvalue weighted by Gasteiger charge is -2.03. The highest BCUT2D eigenvalue weighted by molar-refractivity contribution is 6.09. The Kier molecular flexibility index (Phi) is 3.27. The first-order valence-corrected chi connectivity index (χ1v) is 8.48. The van der Waals surface area contributed by atoms with Crippen LogP contribution in [-0.2, 0) is 11.2 Å². The summed E-state index contributed by atoms with van der Waals surface area (Å²) in [6, 6.07) is 20.9. The Labute approximate surface area is 145 Å². The van der Waals surface area contributed by atoms with Crippen LogP contribution < -0.4 is 0 Å². The molecule has 0 unspecified atom stereocenters. The van der Waals surface area contributed by atoms with E-state index in [9.17, 15) is 0 Å². The molecule has 4 aromatic rings. The maximum absolute atomic E-state index is 5.84. The Morgan fingerprint density at radius 1 is 0.960 bits per heavy atom. The predicted octanol–water partition coefficient (Wildman–Crippen LogP) is 4.10. The van der Waals surface area contributed by atoms with Crippen LogP contribution in [0.5, 0.6) is 0 Å². The van der Waals surface area contributed by atoms with E-state index < -0.39 is 0 Å². The van der Waals surface area contributed by atoms with Crippen molar-refractivity contribution < 1.29 is 4.74 Å². The summed E-state index contributed by atoms with van der Waals surface area (Å²) >= 11 is 0. The molecule has 0 spiro atoms. The summed E-state index contributed by atoms with van der Waals surface area (Å²) in [7, 11) is 0. The molecule has 2 aromatic heterocycles. The summed E-state index contributed by atoms with van der Waals surface area (Å²) in [5.74, 6) is 0.646. The van der Waals surface area contributed by atoms with Gasteiger partial charge in [-0.05, 0) is 24.1 Å². The van der Waals surface area contributed by atoms with E-state index in [0.29, 0.717) is 12.5 Å². The molecule has 0 bridgehead atoms. The standard InChI is InChI=1S/C21H17N3O/c1-2-6-14(7-3-1)10-15-13-25-21(23-15)19-11-17-16-8-4-5-9-18(16)24-20(17)12-22-19/h1-9,11-12,15,24H,10,13H2/t15-/m0/s1. The Balaban J connectivity index is 1.48. The first-order valence-electron chi connectivity index (χ1n) is 8.48. The number of rotatable bonds is 3. The van der Waals surface area contributed by atoms with Gasteiger partial charge >= 0.3 is 0 Å². The zero-order chi connectivity index (χ0) is 16.6. The van der Waals surface area contributed by atoms with Gasteiger partial charge in [0.2, 0.25) is 5.90 Å². The molecule has 0 aliphatic carbocycles. The second-order valence-electron chi connectivity index (χ2n) is 6.37. The van der Waals surface area contributed by atoms with Crippen LogP contribution in [0.25, 0.3) is 21.8 Å². The van der Waals surface area contributed by atoms with Crippen molar-refractivity contribution in [2.45, 2.75) is 12.5 Å². The lowest BCUT2D eigenvalue weighted by atomic mass is 10.1. The minimum atomic E-state index is 0.151. The summed E-state index contributed by atoms with van der Waals surface area (Å²) in [5.41, 5.74) is 4.23. The monoisotopic (exact) mass is 327 g/mol. The SMILES string of the molecule is c1ccc(C[C@H]2COC(c3cc4c(cn3)[nH]c3ccccc34)=N2)cc1. The molecule has 1 aliphatic rings. The highest BCUT2D eigenvalue weighted by atomic mass is 16.5. The number of aromatic amines is 1. The van der Waals surface area contributed by atoms with Gasteiger partial charge in [-0.1, -0.05) is 48.5 Å². The summed E-state index contributed by atoms with van der Waals surface area (Å²) in [6.07, 6.45) is 2.75. The molecule has 0 saturated carbocycles. The number of ether oxygens (including phenoxy) is 1. The fraction of sp³-hybridized carbons (Fsp3) is 0.143. The second kappa shape index (κ2) is 5.74. The van der Waals surface area contributed by atoms with Crippen LogP contribution in [-0.4, -0.2) is 28.5 Å². The summed E-state index contributed by atoms with van der Waals surface area (Å²) in [6.45, 7) is 0.609. The lowest BCUT2D eigenvalue weighted by Crippen LogP contribution is -2.09. The van der Waals surface area contributed by atoms with E-state index in [1.165, 1.54) is 10.9 Å². The molecule has 3 heterocycles. The molecule has 25 heavy (non-hydrogen) atoms. The topological polar surface area (TPSA) is 50.3 Å². The number of hydrogen-bond acceptors (Lipinski definition) is 3. The van der Waals surface area contributed by atoms with Crippen molar-refractivity contribution in [1.29, 1.82) is 0 Å². The van der Waals surface area contributed by atoms with Gasteiger partial charge in [-0.2, -0.15) is 0 Å². The number of H-pyrrole nitrogens is 1. The van der Waals surface area contributed by atoms with E-state index in [1.54, 1.807) is 0 Å². The van der Waals surface area contributed by atoms with E-state index in [4.69, 9.17) is 9.73 Å². The van der Waals surface area contributed by atoms with Crippen molar-refractivity contribution in [2.24, 2.45) is 4.99 Å². The van der Waals surface area contributed by atoms with Crippen LogP contribution in [0.15, 0.2) is 71.9 Å². The van der Waals surface area contributed by atoms with Crippen molar-refractivity contribution in [3.8, 4) is 0 Å². The van der Waals surface area contributed by atoms with Crippen LogP contribution in [0.1, 0.15) is 11.3 Å². The molecule has 0 saturated heterocycles. The van der Waals surface area contributed by atoms with Crippen LogP contribution >= 0.6 is 0 Å². The average molecular weight is 327 g/mol. The Morgan fingerprint density at radius 2 is 1.80 bits per heavy atom. The number of pyridine rings is 1. The third-order valence-electron chi connectivity index (χ3n) is 4.64. The number of aromatic nitrogens is 2. The fourth-order valence-corrected chi connectivity index (χ4v) is 3.41. The molecule has 0 amide bonds. The Bertz CT molecular complexity index is 1080. The third kappa shape index (κ3) is 2.56. The van der Waals surface area contributed by atoms with Crippen molar-refractivity contribution >= 4 is 27.7 Å². The normalized spacial score (nSPS) is 17.0. The number of hydrogen-bond donors (Lipinski definition) is 1. The average Bonchev–Trinajstić information content (AvgIpc) is 3.26. The zero-order valence-electron chi connectivity index (χ0n) is 13.6. The largest absolute Gasteiger partial charge is 0.474 e.